The highest BCUT2D eigenvalue weighted by Crippen LogP contribution is 2.57. The number of allylic oxidation sites excluding steroid dienone is 1. The molecule has 32 heavy (non-hydrogen) atoms. The predicted molar refractivity (Wildman–Crippen MR) is 134 cm³/mol. The summed E-state index contributed by atoms with van der Waals surface area (Å²) >= 11 is 0. The van der Waals surface area contributed by atoms with Crippen molar-refractivity contribution in [3.05, 3.63) is 77.9 Å². The minimum atomic E-state index is -1.28. The maximum absolute atomic E-state index is 14.3. The van der Waals surface area contributed by atoms with Crippen LogP contribution in [0.4, 0.5) is 0 Å². The fraction of sp³-hybridized carbons (Fsp3) is 0.500. The Morgan fingerprint density at radius 2 is 1.47 bits per heavy atom. The minimum absolute atomic E-state index is 0.152. The summed E-state index contributed by atoms with van der Waals surface area (Å²) in [5, 5.41) is 12.6. The number of rotatable bonds is 7. The number of Topliss-reactive ketones (excluding diaryl/α,β-unsaturated/α-hetero) is 1. The largest absolute Gasteiger partial charge is 0.384 e. The van der Waals surface area contributed by atoms with Crippen molar-refractivity contribution in [1.82, 2.24) is 0 Å². The molecule has 0 saturated carbocycles. The van der Waals surface area contributed by atoms with Gasteiger partial charge >= 0.3 is 0 Å². The lowest BCUT2D eigenvalue weighted by atomic mass is 9.49. The number of ketones is 1. The molecule has 0 aliphatic heterocycles. The molecule has 0 heterocycles. The number of hydrogen-bond acceptors (Lipinski definition) is 2. The smallest absolute Gasteiger partial charge is 0.145 e. The Morgan fingerprint density at radius 1 is 0.938 bits per heavy atom. The first-order valence-electron chi connectivity index (χ1n) is 12.0. The lowest BCUT2D eigenvalue weighted by Gasteiger charge is -2.56. The Bertz CT molecular complexity index is 970. The molecule has 3 atom stereocenters. The van der Waals surface area contributed by atoms with Gasteiger partial charge in [-0.3, -0.25) is 4.79 Å². The average molecular weight is 433 g/mol. The molecule has 0 unspecified atom stereocenters. The van der Waals surface area contributed by atoms with Crippen LogP contribution in [0.15, 0.2) is 66.7 Å². The van der Waals surface area contributed by atoms with Crippen LogP contribution < -0.4 is 0 Å². The van der Waals surface area contributed by atoms with Gasteiger partial charge in [0, 0.05) is 10.8 Å². The van der Waals surface area contributed by atoms with Crippen molar-refractivity contribution in [3.63, 3.8) is 0 Å². The third kappa shape index (κ3) is 3.99. The average Bonchev–Trinajstić information content (AvgIpc) is 2.79. The zero-order valence-corrected chi connectivity index (χ0v) is 20.9. The summed E-state index contributed by atoms with van der Waals surface area (Å²) in [6.45, 7) is 14.6. The van der Waals surface area contributed by atoms with E-state index in [0.717, 1.165) is 29.5 Å². The first-order valence-corrected chi connectivity index (χ1v) is 12.0. The van der Waals surface area contributed by atoms with Crippen LogP contribution in [0, 0.1) is 16.7 Å². The molecule has 2 aromatic rings. The van der Waals surface area contributed by atoms with E-state index in [1.807, 2.05) is 56.3 Å². The van der Waals surface area contributed by atoms with Crippen molar-refractivity contribution < 1.29 is 9.90 Å². The van der Waals surface area contributed by atoms with E-state index in [4.69, 9.17) is 0 Å². The molecule has 0 aromatic heterocycles. The normalized spacial score (nSPS) is 26.5. The third-order valence-corrected chi connectivity index (χ3v) is 8.39. The van der Waals surface area contributed by atoms with Crippen LogP contribution in [0.25, 0.3) is 5.57 Å². The lowest BCUT2D eigenvalue weighted by Crippen LogP contribution is -2.62. The number of aliphatic hydroxyl groups is 1. The zero-order valence-electron chi connectivity index (χ0n) is 20.9. The van der Waals surface area contributed by atoms with Crippen molar-refractivity contribution >= 4 is 11.4 Å². The second-order valence-corrected chi connectivity index (χ2v) is 11.1. The summed E-state index contributed by atoms with van der Waals surface area (Å²) in [7, 11) is 0. The highest BCUT2D eigenvalue weighted by Gasteiger charge is 2.61. The van der Waals surface area contributed by atoms with Gasteiger partial charge in [-0.2, -0.15) is 0 Å². The zero-order chi connectivity index (χ0) is 23.8. The van der Waals surface area contributed by atoms with E-state index in [2.05, 4.69) is 58.9 Å². The van der Waals surface area contributed by atoms with Gasteiger partial charge in [-0.1, -0.05) is 109 Å². The molecular weight excluding hydrogens is 392 g/mol. The topological polar surface area (TPSA) is 37.3 Å². The molecule has 3 rings (SSSR count). The quantitative estimate of drug-likeness (QED) is 0.501. The molecule has 2 aromatic carbocycles. The number of carbonyl (C=O) groups excluding carboxylic acids is 1. The van der Waals surface area contributed by atoms with Crippen LogP contribution in [-0.2, 0) is 10.2 Å². The summed E-state index contributed by atoms with van der Waals surface area (Å²) in [4.78, 5) is 14.3. The van der Waals surface area contributed by atoms with Gasteiger partial charge < -0.3 is 5.11 Å². The summed E-state index contributed by atoms with van der Waals surface area (Å²) in [6, 6.07) is 20.6. The van der Waals surface area contributed by atoms with Crippen LogP contribution in [0.5, 0.6) is 0 Å². The Morgan fingerprint density at radius 3 is 1.97 bits per heavy atom. The van der Waals surface area contributed by atoms with Crippen molar-refractivity contribution in [2.45, 2.75) is 78.7 Å². The van der Waals surface area contributed by atoms with E-state index < -0.39 is 27.8 Å². The molecule has 0 radical (unpaired) electrons. The molecule has 1 aliphatic rings. The van der Waals surface area contributed by atoms with Gasteiger partial charge in [0.2, 0.25) is 0 Å². The van der Waals surface area contributed by atoms with E-state index in [1.165, 1.54) is 0 Å². The molecule has 172 valence electrons. The van der Waals surface area contributed by atoms with Crippen LogP contribution >= 0.6 is 0 Å². The summed E-state index contributed by atoms with van der Waals surface area (Å²) in [6.07, 6.45) is 4.25. The highest BCUT2D eigenvalue weighted by molar-refractivity contribution is 5.91. The number of hydrogen-bond donors (Lipinski definition) is 1. The predicted octanol–water partition coefficient (Wildman–Crippen LogP) is 7.22. The number of benzene rings is 2. The molecule has 2 nitrogen and oxygen atoms in total. The van der Waals surface area contributed by atoms with Crippen molar-refractivity contribution in [2.75, 3.05) is 0 Å². The first-order chi connectivity index (χ1) is 14.9. The van der Waals surface area contributed by atoms with Crippen LogP contribution in [-0.4, -0.2) is 16.5 Å². The Kier molecular flexibility index (Phi) is 6.60. The second-order valence-electron chi connectivity index (χ2n) is 11.1. The molecule has 0 amide bonds. The van der Waals surface area contributed by atoms with Gasteiger partial charge in [0.25, 0.3) is 0 Å². The Hall–Kier alpha value is -2.19. The standard InChI is InChI=1S/C30H40O2/c1-8-27(3,4)26(31)25-29(7,24-18-14-11-15-19-24)20-23(22-16-12-10-13-17-22)21-30(25,32)28(5,6)9-2/h10-19,21,25,32H,8-9,20H2,1-7H3/t25-,29+,30-/m0/s1. The molecule has 0 saturated heterocycles. The van der Waals surface area contributed by atoms with Crippen molar-refractivity contribution in [2.24, 2.45) is 16.7 Å². The fourth-order valence-corrected chi connectivity index (χ4v) is 5.23. The summed E-state index contributed by atoms with van der Waals surface area (Å²) in [5.41, 5.74) is 0.521. The molecule has 2 heteroatoms. The second kappa shape index (κ2) is 8.63. The summed E-state index contributed by atoms with van der Waals surface area (Å²) in [5.74, 6) is -0.395. The molecule has 1 N–H and O–H groups in total. The lowest BCUT2D eigenvalue weighted by molar-refractivity contribution is -0.155. The first kappa shape index (κ1) is 24.5. The molecule has 1 aliphatic carbocycles. The number of carbonyl (C=O) groups is 1. The van der Waals surface area contributed by atoms with Gasteiger partial charge in [-0.05, 0) is 47.5 Å². The highest BCUT2D eigenvalue weighted by atomic mass is 16.3. The fourth-order valence-electron chi connectivity index (χ4n) is 5.23. The van der Waals surface area contributed by atoms with Gasteiger partial charge in [-0.25, -0.2) is 0 Å². The maximum atomic E-state index is 14.3. The Balaban J connectivity index is 2.37. The Labute approximate surface area is 194 Å². The molecule has 0 spiro atoms. The SMILES string of the molecule is CCC(C)(C)C(=O)[C@H]1[C@@](C)(c2ccccc2)CC(c2ccccc2)=C[C@@]1(O)C(C)(C)CC. The van der Waals surface area contributed by atoms with Gasteiger partial charge in [0.1, 0.15) is 5.78 Å². The molecule has 0 bridgehead atoms. The maximum Gasteiger partial charge on any atom is 0.145 e. The minimum Gasteiger partial charge on any atom is -0.384 e. The third-order valence-electron chi connectivity index (χ3n) is 8.39. The van der Waals surface area contributed by atoms with E-state index >= 15 is 0 Å². The van der Waals surface area contributed by atoms with E-state index in [1.54, 1.807) is 0 Å². The van der Waals surface area contributed by atoms with Crippen LogP contribution in [0.3, 0.4) is 0 Å². The molecular formula is C30H40O2. The van der Waals surface area contributed by atoms with E-state index in [0.29, 0.717) is 6.42 Å². The van der Waals surface area contributed by atoms with Crippen molar-refractivity contribution in [3.8, 4) is 0 Å². The summed E-state index contributed by atoms with van der Waals surface area (Å²) < 4.78 is 0. The monoisotopic (exact) mass is 432 g/mol. The van der Waals surface area contributed by atoms with Crippen molar-refractivity contribution in [1.29, 1.82) is 0 Å². The van der Waals surface area contributed by atoms with Gasteiger partial charge in [-0.15, -0.1) is 0 Å². The van der Waals surface area contributed by atoms with E-state index in [-0.39, 0.29) is 5.78 Å². The van der Waals surface area contributed by atoms with Crippen LogP contribution in [0.1, 0.15) is 78.9 Å². The van der Waals surface area contributed by atoms with E-state index in [9.17, 15) is 9.90 Å². The van der Waals surface area contributed by atoms with Crippen LogP contribution in [0.2, 0.25) is 0 Å². The van der Waals surface area contributed by atoms with Gasteiger partial charge in [0.15, 0.2) is 0 Å². The van der Waals surface area contributed by atoms with Gasteiger partial charge in [0.05, 0.1) is 11.5 Å². The molecule has 0 fully saturated rings.